The molecule has 2 aliphatic rings. The molecule has 0 unspecified atom stereocenters. The van der Waals surface area contributed by atoms with Crippen LogP contribution in [0.3, 0.4) is 0 Å². The predicted molar refractivity (Wildman–Crippen MR) is 115 cm³/mol. The normalized spacial score (nSPS) is 27.3. The van der Waals surface area contributed by atoms with E-state index in [0.717, 1.165) is 17.4 Å². The van der Waals surface area contributed by atoms with Crippen molar-refractivity contribution < 1.29 is 9.47 Å². The lowest BCUT2D eigenvalue weighted by molar-refractivity contribution is -0.191. The first-order chi connectivity index (χ1) is 14.3. The zero-order valence-corrected chi connectivity index (χ0v) is 17.3. The fraction of sp³-hybridized carbons (Fsp3) is 0.500. The molecule has 1 aliphatic carbocycles. The Morgan fingerprint density at radius 2 is 1.34 bits per heavy atom. The van der Waals surface area contributed by atoms with E-state index >= 15 is 0 Å². The first kappa shape index (κ1) is 20.1. The zero-order valence-electron chi connectivity index (χ0n) is 17.3. The summed E-state index contributed by atoms with van der Waals surface area (Å²) in [5.41, 5.74) is 4.42. The molecule has 3 nitrogen and oxygen atoms in total. The van der Waals surface area contributed by atoms with Gasteiger partial charge in [0.15, 0.2) is 6.29 Å². The third-order valence-corrected chi connectivity index (χ3v) is 6.63. The quantitative estimate of drug-likeness (QED) is 0.589. The molecule has 2 fully saturated rings. The van der Waals surface area contributed by atoms with Gasteiger partial charge in [0.25, 0.3) is 0 Å². The van der Waals surface area contributed by atoms with Crippen molar-refractivity contribution in [3.05, 3.63) is 70.8 Å². The van der Waals surface area contributed by atoms with Gasteiger partial charge < -0.3 is 9.47 Å². The molecule has 0 radical (unpaired) electrons. The Morgan fingerprint density at radius 1 is 0.793 bits per heavy atom. The second-order valence-corrected chi connectivity index (χ2v) is 8.60. The molecule has 0 amide bonds. The van der Waals surface area contributed by atoms with Crippen LogP contribution in [-0.4, -0.2) is 13.2 Å². The highest BCUT2D eigenvalue weighted by Gasteiger charge is 2.26. The monoisotopic (exact) mass is 389 g/mol. The van der Waals surface area contributed by atoms with Crippen LogP contribution in [0.4, 0.5) is 0 Å². The largest absolute Gasteiger partial charge is 0.348 e. The van der Waals surface area contributed by atoms with Gasteiger partial charge in [0, 0.05) is 11.5 Å². The Kier molecular flexibility index (Phi) is 6.64. The van der Waals surface area contributed by atoms with E-state index in [1.807, 2.05) is 24.3 Å². The molecule has 0 spiro atoms. The van der Waals surface area contributed by atoms with E-state index in [1.54, 1.807) is 0 Å². The zero-order chi connectivity index (χ0) is 20.1. The lowest BCUT2D eigenvalue weighted by Crippen LogP contribution is -2.25. The second kappa shape index (κ2) is 9.57. The summed E-state index contributed by atoms with van der Waals surface area (Å²) in [6.07, 6.45) is 7.84. The maximum absolute atomic E-state index is 8.92. The maximum Gasteiger partial charge on any atom is 0.183 e. The Balaban J connectivity index is 1.30. The van der Waals surface area contributed by atoms with E-state index < -0.39 is 0 Å². The van der Waals surface area contributed by atoms with E-state index in [9.17, 15) is 0 Å². The van der Waals surface area contributed by atoms with E-state index in [4.69, 9.17) is 14.7 Å². The van der Waals surface area contributed by atoms with Crippen LogP contribution in [0.1, 0.15) is 85.8 Å². The van der Waals surface area contributed by atoms with Gasteiger partial charge in [-0.3, -0.25) is 0 Å². The summed E-state index contributed by atoms with van der Waals surface area (Å²) in [6, 6.07) is 18.8. The highest BCUT2D eigenvalue weighted by Crippen LogP contribution is 2.38. The van der Waals surface area contributed by atoms with Gasteiger partial charge in [-0.15, -0.1) is 0 Å². The highest BCUT2D eigenvalue weighted by molar-refractivity contribution is 5.32. The minimum absolute atomic E-state index is 0.277. The minimum Gasteiger partial charge on any atom is -0.348 e. The van der Waals surface area contributed by atoms with E-state index in [2.05, 4.69) is 37.3 Å². The number of ether oxygens (including phenoxy) is 2. The van der Waals surface area contributed by atoms with E-state index in [-0.39, 0.29) is 12.2 Å². The molecular weight excluding hydrogens is 358 g/mol. The SMILES string of the molecule is CCCC1CCC(c2ccc(C3COC(c4ccc(C#N)cc4)OC3)cc2)CC1. The fourth-order valence-electron chi connectivity index (χ4n) is 4.84. The van der Waals surface area contributed by atoms with Crippen LogP contribution in [0.15, 0.2) is 48.5 Å². The van der Waals surface area contributed by atoms with Crippen molar-refractivity contribution in [2.45, 2.75) is 63.6 Å². The molecule has 2 aromatic carbocycles. The van der Waals surface area contributed by atoms with Crippen molar-refractivity contribution in [1.82, 2.24) is 0 Å². The number of benzene rings is 2. The van der Waals surface area contributed by atoms with Crippen molar-refractivity contribution in [1.29, 1.82) is 5.26 Å². The van der Waals surface area contributed by atoms with Crippen molar-refractivity contribution in [2.75, 3.05) is 13.2 Å². The molecule has 1 saturated carbocycles. The van der Waals surface area contributed by atoms with Crippen LogP contribution in [0, 0.1) is 17.2 Å². The molecule has 1 heterocycles. The average Bonchev–Trinajstić information content (AvgIpc) is 2.80. The molecule has 4 rings (SSSR count). The lowest BCUT2D eigenvalue weighted by Gasteiger charge is -2.31. The molecule has 1 aliphatic heterocycles. The molecule has 29 heavy (non-hydrogen) atoms. The lowest BCUT2D eigenvalue weighted by atomic mass is 9.77. The molecule has 0 N–H and O–H groups in total. The van der Waals surface area contributed by atoms with Gasteiger partial charge in [0.1, 0.15) is 0 Å². The van der Waals surface area contributed by atoms with Crippen molar-refractivity contribution >= 4 is 0 Å². The Bertz CT molecular complexity index is 805. The number of hydrogen-bond acceptors (Lipinski definition) is 3. The predicted octanol–water partition coefficient (Wildman–Crippen LogP) is 6.46. The minimum atomic E-state index is -0.337. The van der Waals surface area contributed by atoms with Gasteiger partial charge in [-0.1, -0.05) is 56.2 Å². The van der Waals surface area contributed by atoms with Crippen LogP contribution in [0.2, 0.25) is 0 Å². The molecule has 152 valence electrons. The van der Waals surface area contributed by atoms with Crippen molar-refractivity contribution in [3.63, 3.8) is 0 Å². The number of nitriles is 1. The third kappa shape index (κ3) is 4.89. The van der Waals surface area contributed by atoms with Gasteiger partial charge in [-0.05, 0) is 60.8 Å². The van der Waals surface area contributed by atoms with E-state index in [0.29, 0.717) is 18.8 Å². The molecule has 0 bridgehead atoms. The van der Waals surface area contributed by atoms with Crippen molar-refractivity contribution in [2.24, 2.45) is 5.92 Å². The Morgan fingerprint density at radius 3 is 1.90 bits per heavy atom. The van der Waals surface area contributed by atoms with Crippen molar-refractivity contribution in [3.8, 4) is 6.07 Å². The Hall–Kier alpha value is -2.15. The summed E-state index contributed by atoms with van der Waals surface area (Å²) < 4.78 is 12.0. The van der Waals surface area contributed by atoms with Crippen LogP contribution in [0.5, 0.6) is 0 Å². The molecule has 3 heteroatoms. The summed E-state index contributed by atoms with van der Waals surface area (Å²) in [5.74, 6) is 1.96. The summed E-state index contributed by atoms with van der Waals surface area (Å²) >= 11 is 0. The number of rotatable bonds is 5. The van der Waals surface area contributed by atoms with Crippen LogP contribution in [-0.2, 0) is 9.47 Å². The Labute approximate surface area is 174 Å². The smallest absolute Gasteiger partial charge is 0.183 e. The maximum atomic E-state index is 8.92. The van der Waals surface area contributed by atoms with Gasteiger partial charge in [-0.25, -0.2) is 0 Å². The van der Waals surface area contributed by atoms with Gasteiger partial charge in [0.2, 0.25) is 0 Å². The molecular formula is C26H31NO2. The summed E-state index contributed by atoms with van der Waals surface area (Å²) in [7, 11) is 0. The topological polar surface area (TPSA) is 42.2 Å². The molecule has 0 atom stereocenters. The number of hydrogen-bond donors (Lipinski definition) is 0. The van der Waals surface area contributed by atoms with Gasteiger partial charge in [-0.2, -0.15) is 5.26 Å². The molecule has 0 aromatic heterocycles. The van der Waals surface area contributed by atoms with Crippen LogP contribution < -0.4 is 0 Å². The average molecular weight is 390 g/mol. The fourth-order valence-corrected chi connectivity index (χ4v) is 4.84. The summed E-state index contributed by atoms with van der Waals surface area (Å²) in [5, 5.41) is 8.92. The van der Waals surface area contributed by atoms with E-state index in [1.165, 1.54) is 49.7 Å². The van der Waals surface area contributed by atoms with Crippen LogP contribution >= 0.6 is 0 Å². The highest BCUT2D eigenvalue weighted by atomic mass is 16.7. The van der Waals surface area contributed by atoms with Gasteiger partial charge >= 0.3 is 0 Å². The standard InChI is InChI=1S/C26H31NO2/c1-2-3-19-4-8-21(9-5-19)22-12-14-23(15-13-22)25-17-28-26(29-18-25)24-10-6-20(16-27)7-11-24/h6-7,10-15,19,21,25-26H,2-5,8-9,17-18H2,1H3. The first-order valence-electron chi connectivity index (χ1n) is 11.1. The first-order valence-corrected chi connectivity index (χ1v) is 11.1. The molecule has 2 aromatic rings. The second-order valence-electron chi connectivity index (χ2n) is 8.60. The molecule has 1 saturated heterocycles. The summed E-state index contributed by atoms with van der Waals surface area (Å²) in [4.78, 5) is 0. The third-order valence-electron chi connectivity index (χ3n) is 6.63. The summed E-state index contributed by atoms with van der Waals surface area (Å²) in [6.45, 7) is 3.62. The van der Waals surface area contributed by atoms with Gasteiger partial charge in [0.05, 0.1) is 24.8 Å². The van der Waals surface area contributed by atoms with Crippen LogP contribution in [0.25, 0.3) is 0 Å². The number of nitrogens with zero attached hydrogens (tertiary/aromatic N) is 1.